The number of aryl methyl sites for hydroxylation is 1. The molecular formula is C17H12BrNO4S. The van der Waals surface area contributed by atoms with Crippen LogP contribution >= 0.6 is 27.3 Å². The minimum Gasteiger partial charge on any atom is -0.504 e. The number of nitrogens with zero attached hydrogens (tertiary/aromatic N) is 1. The zero-order valence-electron chi connectivity index (χ0n) is 12.4. The average molecular weight is 406 g/mol. The highest BCUT2D eigenvalue weighted by atomic mass is 79.9. The predicted octanol–water partition coefficient (Wildman–Crippen LogP) is 3.97. The Morgan fingerprint density at radius 1 is 1.17 bits per heavy atom. The molecule has 0 fully saturated rings. The molecule has 3 N–H and O–H groups in total. The van der Waals surface area contributed by atoms with Crippen molar-refractivity contribution in [3.8, 4) is 27.7 Å². The molecule has 0 unspecified atom stereocenters. The van der Waals surface area contributed by atoms with E-state index < -0.39 is 0 Å². The Morgan fingerprint density at radius 3 is 2.67 bits per heavy atom. The second kappa shape index (κ2) is 6.26. The van der Waals surface area contributed by atoms with Gasteiger partial charge in [0.15, 0.2) is 17.2 Å². The second-order valence-electron chi connectivity index (χ2n) is 5.16. The van der Waals surface area contributed by atoms with Gasteiger partial charge < -0.3 is 15.3 Å². The van der Waals surface area contributed by atoms with Crippen molar-refractivity contribution in [3.05, 3.63) is 55.2 Å². The van der Waals surface area contributed by atoms with Gasteiger partial charge in [0.25, 0.3) is 0 Å². The monoisotopic (exact) mass is 405 g/mol. The zero-order chi connectivity index (χ0) is 17.4. The molecule has 0 saturated heterocycles. The first-order valence-electron chi connectivity index (χ1n) is 6.89. The van der Waals surface area contributed by atoms with Crippen molar-refractivity contribution in [1.29, 1.82) is 0 Å². The van der Waals surface area contributed by atoms with Crippen molar-refractivity contribution >= 4 is 39.4 Å². The molecule has 0 atom stereocenters. The highest BCUT2D eigenvalue weighted by Crippen LogP contribution is 2.37. The normalized spacial score (nSPS) is 11.4. The maximum atomic E-state index is 11.8. The van der Waals surface area contributed by atoms with Crippen LogP contribution in [-0.2, 0) is 0 Å². The summed E-state index contributed by atoms with van der Waals surface area (Å²) >= 11 is 4.41. The van der Waals surface area contributed by atoms with Crippen molar-refractivity contribution in [1.82, 2.24) is 4.98 Å². The van der Waals surface area contributed by atoms with E-state index in [4.69, 9.17) is 0 Å². The lowest BCUT2D eigenvalue weighted by atomic mass is 10.1. The third-order valence-corrected chi connectivity index (χ3v) is 5.41. The summed E-state index contributed by atoms with van der Waals surface area (Å²) in [7, 11) is 0. The van der Waals surface area contributed by atoms with Crippen molar-refractivity contribution in [2.24, 2.45) is 0 Å². The van der Waals surface area contributed by atoms with Gasteiger partial charge in [-0.25, -0.2) is 4.98 Å². The average Bonchev–Trinajstić information content (AvgIpc) is 2.57. The molecule has 5 nitrogen and oxygen atoms in total. The van der Waals surface area contributed by atoms with Crippen LogP contribution in [0.5, 0.6) is 17.2 Å². The Balaban J connectivity index is 2.04. The number of hydrogen-bond donors (Lipinski definition) is 3. The molecule has 1 aliphatic heterocycles. The molecule has 0 aromatic heterocycles. The molecule has 0 saturated carbocycles. The van der Waals surface area contributed by atoms with Crippen LogP contribution in [0.4, 0.5) is 0 Å². The largest absolute Gasteiger partial charge is 0.504 e. The van der Waals surface area contributed by atoms with Gasteiger partial charge >= 0.3 is 0 Å². The summed E-state index contributed by atoms with van der Waals surface area (Å²) in [5.74, 6) is -0.721. The summed E-state index contributed by atoms with van der Waals surface area (Å²) in [6, 6.07) is 4.72. The van der Waals surface area contributed by atoms with Crippen molar-refractivity contribution in [2.75, 3.05) is 0 Å². The molecule has 3 rings (SSSR count). The lowest BCUT2D eigenvalue weighted by Gasteiger charge is -2.08. The van der Waals surface area contributed by atoms with E-state index in [9.17, 15) is 20.1 Å². The van der Waals surface area contributed by atoms with E-state index in [1.54, 1.807) is 37.4 Å². The number of hydrogen-bond acceptors (Lipinski definition) is 6. The van der Waals surface area contributed by atoms with E-state index in [1.807, 2.05) is 0 Å². The molecule has 24 heavy (non-hydrogen) atoms. The third kappa shape index (κ3) is 2.88. The highest BCUT2D eigenvalue weighted by molar-refractivity contribution is 9.10. The SMILES string of the molecule is Cc1cc2cnc(/C=C/c3ccc(O)c(O)c3Br)sc-2c(O)c1=O. The molecule has 0 spiro atoms. The number of aromatic hydroxyl groups is 3. The lowest BCUT2D eigenvalue weighted by molar-refractivity contribution is 0.401. The molecule has 0 radical (unpaired) electrons. The first-order chi connectivity index (χ1) is 11.4. The van der Waals surface area contributed by atoms with Gasteiger partial charge in [0.05, 0.1) is 9.35 Å². The highest BCUT2D eigenvalue weighted by Gasteiger charge is 2.15. The standard InChI is InChI=1S/C17H12BrNO4S/c1-8-6-10-7-19-12(24-17(10)16(23)14(8)21)5-3-9-2-4-11(20)15(22)13(9)18/h2-7,20,22-23H,1H3/b5-3+. The second-order valence-corrected chi connectivity index (χ2v) is 6.98. The van der Waals surface area contributed by atoms with Gasteiger partial charge in [-0.2, -0.15) is 0 Å². The van der Waals surface area contributed by atoms with E-state index in [2.05, 4.69) is 20.9 Å². The summed E-state index contributed by atoms with van der Waals surface area (Å²) in [6.45, 7) is 1.65. The molecule has 1 aromatic rings. The number of phenolic OH excluding ortho intramolecular Hbond substituents is 3. The molecule has 0 bridgehead atoms. The van der Waals surface area contributed by atoms with Crippen molar-refractivity contribution in [3.63, 3.8) is 0 Å². The molecule has 1 heterocycles. The van der Waals surface area contributed by atoms with Crippen LogP contribution in [0.1, 0.15) is 16.1 Å². The fourth-order valence-electron chi connectivity index (χ4n) is 2.19. The minimum atomic E-state index is -0.383. The molecule has 7 heteroatoms. The zero-order valence-corrected chi connectivity index (χ0v) is 14.8. The van der Waals surface area contributed by atoms with Crippen LogP contribution in [0.2, 0.25) is 0 Å². The van der Waals surface area contributed by atoms with Crippen LogP contribution in [0.15, 0.2) is 33.7 Å². The van der Waals surface area contributed by atoms with Crippen LogP contribution in [0, 0.1) is 6.92 Å². The number of phenols is 3. The number of halogens is 1. The van der Waals surface area contributed by atoms with Crippen LogP contribution < -0.4 is 5.43 Å². The van der Waals surface area contributed by atoms with Gasteiger partial charge in [-0.3, -0.25) is 4.79 Å². The van der Waals surface area contributed by atoms with Gasteiger partial charge in [-0.1, -0.05) is 6.08 Å². The molecule has 1 aromatic carbocycles. The van der Waals surface area contributed by atoms with Gasteiger partial charge in [0, 0.05) is 17.3 Å². The molecule has 1 aliphatic carbocycles. The summed E-state index contributed by atoms with van der Waals surface area (Å²) in [6.07, 6.45) is 5.00. The molecule has 122 valence electrons. The summed E-state index contributed by atoms with van der Waals surface area (Å²) < 4.78 is 0.366. The summed E-state index contributed by atoms with van der Waals surface area (Å²) in [5, 5.41) is 29.8. The number of benzene rings is 2. The topological polar surface area (TPSA) is 90.7 Å². The quantitative estimate of drug-likeness (QED) is 0.561. The Hall–Kier alpha value is -2.38. The van der Waals surface area contributed by atoms with E-state index >= 15 is 0 Å². The van der Waals surface area contributed by atoms with E-state index in [0.717, 1.165) is 0 Å². The van der Waals surface area contributed by atoms with Crippen LogP contribution in [-0.4, -0.2) is 20.3 Å². The first kappa shape index (κ1) is 16.5. The van der Waals surface area contributed by atoms with Gasteiger partial charge in [-0.05, 0) is 52.7 Å². The van der Waals surface area contributed by atoms with Crippen molar-refractivity contribution in [2.45, 2.75) is 6.92 Å². The van der Waals surface area contributed by atoms with Gasteiger partial charge in [0.2, 0.25) is 5.43 Å². The fourth-order valence-corrected chi connectivity index (χ4v) is 3.53. The van der Waals surface area contributed by atoms with Gasteiger partial charge in [-0.15, -0.1) is 11.3 Å². The van der Waals surface area contributed by atoms with E-state index in [-0.39, 0.29) is 22.7 Å². The Bertz CT molecular complexity index is 997. The van der Waals surface area contributed by atoms with Gasteiger partial charge in [0.1, 0.15) is 5.01 Å². The smallest absolute Gasteiger partial charge is 0.224 e. The van der Waals surface area contributed by atoms with Crippen LogP contribution in [0.25, 0.3) is 22.6 Å². The molecular weight excluding hydrogens is 394 g/mol. The molecule has 0 amide bonds. The van der Waals surface area contributed by atoms with E-state index in [1.165, 1.54) is 17.4 Å². The predicted molar refractivity (Wildman–Crippen MR) is 97.8 cm³/mol. The fraction of sp³-hybridized carbons (Fsp3) is 0.0588. The Labute approximate surface area is 149 Å². The Morgan fingerprint density at radius 2 is 1.92 bits per heavy atom. The summed E-state index contributed by atoms with van der Waals surface area (Å²) in [5.41, 5.74) is 1.44. The first-order valence-corrected chi connectivity index (χ1v) is 8.50. The maximum absolute atomic E-state index is 11.8. The number of fused-ring (bicyclic) bond motifs is 1. The lowest BCUT2D eigenvalue weighted by Crippen LogP contribution is -2.05. The van der Waals surface area contributed by atoms with Crippen LogP contribution in [0.3, 0.4) is 0 Å². The minimum absolute atomic E-state index is 0.214. The summed E-state index contributed by atoms with van der Waals surface area (Å²) in [4.78, 5) is 16.6. The van der Waals surface area contributed by atoms with Crippen molar-refractivity contribution < 1.29 is 15.3 Å². The third-order valence-electron chi connectivity index (χ3n) is 3.49. The maximum Gasteiger partial charge on any atom is 0.224 e. The number of rotatable bonds is 2. The van der Waals surface area contributed by atoms with E-state index in [0.29, 0.717) is 31.0 Å². The molecule has 2 aliphatic rings. The number of aromatic nitrogens is 1. The Kier molecular flexibility index (Phi) is 4.29.